The zero-order valence-electron chi connectivity index (χ0n) is 11.5. The monoisotopic (exact) mass is 326 g/mol. The summed E-state index contributed by atoms with van der Waals surface area (Å²) in [6.45, 7) is 5.64. The topological polar surface area (TPSA) is 44.8 Å². The van der Waals surface area contributed by atoms with Gasteiger partial charge in [0.15, 0.2) is 0 Å². The molecule has 0 aromatic rings. The van der Waals surface area contributed by atoms with Gasteiger partial charge in [0.1, 0.15) is 11.2 Å². The third-order valence-electron chi connectivity index (χ3n) is 3.12. The molecule has 1 unspecified atom stereocenters. The van der Waals surface area contributed by atoms with Gasteiger partial charge in [0.2, 0.25) is 6.10 Å². The van der Waals surface area contributed by atoms with Crippen LogP contribution < -0.4 is 0 Å². The summed E-state index contributed by atoms with van der Waals surface area (Å²) in [5, 5.41) is 0. The molecule has 1 fully saturated rings. The molecule has 1 rings (SSSR count). The van der Waals surface area contributed by atoms with Crippen molar-refractivity contribution in [2.24, 2.45) is 0 Å². The predicted octanol–water partition coefficient (Wildman–Crippen LogP) is 4.30. The quantitative estimate of drug-likeness (QED) is 0.573. The molecule has 20 heavy (non-hydrogen) atoms. The van der Waals surface area contributed by atoms with E-state index < -0.39 is 37.2 Å². The molecule has 0 N–H and O–H groups in total. The van der Waals surface area contributed by atoms with E-state index >= 15 is 0 Å². The lowest BCUT2D eigenvalue weighted by atomic mass is 9.90. The molecule has 0 radical (unpaired) electrons. The highest BCUT2D eigenvalue weighted by Gasteiger charge is 2.63. The second-order valence-electron chi connectivity index (χ2n) is 5.63. The van der Waals surface area contributed by atoms with Gasteiger partial charge in [0, 0.05) is 6.92 Å². The van der Waals surface area contributed by atoms with Crippen molar-refractivity contribution in [3.8, 4) is 0 Å². The molecule has 0 saturated carbocycles. The normalized spacial score (nSPS) is 26.5. The van der Waals surface area contributed by atoms with Gasteiger partial charge in [-0.2, -0.15) is 13.2 Å². The third-order valence-corrected chi connectivity index (χ3v) is 4.95. The fourth-order valence-corrected chi connectivity index (χ4v) is 3.65. The van der Waals surface area contributed by atoms with Gasteiger partial charge in [-0.15, -0.1) is 0 Å². The summed E-state index contributed by atoms with van der Waals surface area (Å²) in [5.74, 6) is -4.29. The fourth-order valence-electron chi connectivity index (χ4n) is 1.41. The Morgan fingerprint density at radius 1 is 1.00 bits per heavy atom. The van der Waals surface area contributed by atoms with E-state index in [4.69, 9.17) is 9.05 Å². The van der Waals surface area contributed by atoms with Crippen LogP contribution in [0.5, 0.6) is 0 Å². The van der Waals surface area contributed by atoms with E-state index in [0.717, 1.165) is 0 Å². The molecule has 1 aliphatic heterocycles. The minimum Gasteiger partial charge on any atom is -0.278 e. The predicted molar refractivity (Wildman–Crippen MR) is 59.5 cm³/mol. The first kappa shape index (κ1) is 17.8. The van der Waals surface area contributed by atoms with Crippen LogP contribution >= 0.6 is 7.82 Å². The Morgan fingerprint density at radius 2 is 1.35 bits per heavy atom. The molecule has 4 nitrogen and oxygen atoms in total. The molecular weight excluding hydrogens is 310 g/mol. The first-order valence-electron chi connectivity index (χ1n) is 5.65. The van der Waals surface area contributed by atoms with Crippen LogP contribution in [0, 0.1) is 0 Å². The molecule has 10 heteroatoms. The molecule has 120 valence electrons. The van der Waals surface area contributed by atoms with Crippen LogP contribution in [-0.2, 0) is 18.1 Å². The van der Waals surface area contributed by atoms with Crippen LogP contribution in [0.2, 0.25) is 0 Å². The number of hydrogen-bond acceptors (Lipinski definition) is 4. The Balaban J connectivity index is 3.06. The fraction of sp³-hybridized carbons (Fsp3) is 1.00. The van der Waals surface area contributed by atoms with Gasteiger partial charge in [-0.05, 0) is 27.7 Å². The Labute approximate surface area is 113 Å². The second kappa shape index (κ2) is 4.63. The van der Waals surface area contributed by atoms with E-state index in [2.05, 4.69) is 4.52 Å². The van der Waals surface area contributed by atoms with E-state index in [1.165, 1.54) is 27.7 Å². The van der Waals surface area contributed by atoms with E-state index in [1.807, 2.05) is 0 Å². The molecule has 0 spiro atoms. The van der Waals surface area contributed by atoms with Crippen LogP contribution in [-0.4, -0.2) is 29.4 Å². The lowest BCUT2D eigenvalue weighted by molar-refractivity contribution is -0.259. The van der Waals surface area contributed by atoms with Crippen molar-refractivity contribution >= 4 is 7.82 Å². The first-order chi connectivity index (χ1) is 8.50. The maximum atomic E-state index is 13.0. The Kier molecular flexibility index (Phi) is 4.12. The zero-order chi connectivity index (χ0) is 16.2. The smallest absolute Gasteiger partial charge is 0.278 e. The van der Waals surface area contributed by atoms with Crippen molar-refractivity contribution in [2.45, 2.75) is 64.0 Å². The van der Waals surface area contributed by atoms with E-state index in [9.17, 15) is 26.5 Å². The van der Waals surface area contributed by atoms with Crippen molar-refractivity contribution in [2.75, 3.05) is 0 Å². The molecule has 0 amide bonds. The molecule has 1 atom stereocenters. The highest BCUT2D eigenvalue weighted by Crippen LogP contribution is 2.66. The van der Waals surface area contributed by atoms with Crippen LogP contribution in [0.3, 0.4) is 0 Å². The standard InChI is InChI=1S/C10H16F5O4P/c1-7(2)8(3,4)19-20(16,18-7)17-6(9(5,11)12)10(13,14)15/h6H,1-5H3. The van der Waals surface area contributed by atoms with E-state index in [-0.39, 0.29) is 6.92 Å². The van der Waals surface area contributed by atoms with Crippen LogP contribution in [0.25, 0.3) is 0 Å². The van der Waals surface area contributed by atoms with Gasteiger partial charge < -0.3 is 0 Å². The summed E-state index contributed by atoms with van der Waals surface area (Å²) in [6.07, 6.45) is -9.00. The van der Waals surface area contributed by atoms with Crippen molar-refractivity contribution in [3.05, 3.63) is 0 Å². The highest BCUT2D eigenvalue weighted by atomic mass is 31.2. The van der Waals surface area contributed by atoms with E-state index in [0.29, 0.717) is 0 Å². The largest absolute Gasteiger partial charge is 0.476 e. The van der Waals surface area contributed by atoms with Crippen molar-refractivity contribution in [1.29, 1.82) is 0 Å². The molecule has 1 heterocycles. The summed E-state index contributed by atoms with van der Waals surface area (Å²) in [6, 6.07) is 0. The van der Waals surface area contributed by atoms with Gasteiger partial charge in [-0.3, -0.25) is 13.6 Å². The average molecular weight is 326 g/mol. The van der Waals surface area contributed by atoms with Gasteiger partial charge in [-0.1, -0.05) is 0 Å². The Hall–Kier alpha value is -0.240. The summed E-state index contributed by atoms with van der Waals surface area (Å²) in [5.41, 5.74) is -2.52. The first-order valence-corrected chi connectivity index (χ1v) is 7.11. The molecule has 0 aromatic carbocycles. The maximum Gasteiger partial charge on any atom is 0.476 e. The Bertz CT molecular complexity index is 392. The van der Waals surface area contributed by atoms with Crippen LogP contribution in [0.4, 0.5) is 22.0 Å². The van der Waals surface area contributed by atoms with Crippen LogP contribution in [0.1, 0.15) is 34.6 Å². The minimum atomic E-state index is -5.42. The summed E-state index contributed by atoms with van der Waals surface area (Å²) < 4.78 is 89.6. The molecule has 1 aliphatic rings. The molecular formula is C10H16F5O4P. The highest BCUT2D eigenvalue weighted by molar-refractivity contribution is 7.48. The average Bonchev–Trinajstić information content (AvgIpc) is 2.23. The van der Waals surface area contributed by atoms with Gasteiger partial charge in [0.25, 0.3) is 5.92 Å². The zero-order valence-corrected chi connectivity index (χ0v) is 12.4. The number of alkyl halides is 5. The lowest BCUT2D eigenvalue weighted by Crippen LogP contribution is -2.44. The molecule has 0 bridgehead atoms. The van der Waals surface area contributed by atoms with Gasteiger partial charge in [-0.25, -0.2) is 13.3 Å². The van der Waals surface area contributed by atoms with Gasteiger partial charge in [0.05, 0.1) is 0 Å². The van der Waals surface area contributed by atoms with E-state index in [1.54, 1.807) is 0 Å². The second-order valence-corrected chi connectivity index (χ2v) is 7.10. The molecule has 0 aliphatic carbocycles. The number of halogens is 5. The number of phosphoric ester groups is 1. The summed E-state index contributed by atoms with van der Waals surface area (Å²) in [7, 11) is -4.76. The van der Waals surface area contributed by atoms with Gasteiger partial charge >= 0.3 is 14.0 Å². The number of phosphoric acid groups is 1. The Morgan fingerprint density at radius 3 is 1.60 bits per heavy atom. The van der Waals surface area contributed by atoms with Crippen molar-refractivity contribution < 1.29 is 40.1 Å². The minimum absolute atomic E-state index is 0.0175. The number of rotatable bonds is 3. The maximum absolute atomic E-state index is 13.0. The summed E-state index contributed by atoms with van der Waals surface area (Å²) in [4.78, 5) is 0. The molecule has 0 aromatic heterocycles. The number of hydrogen-bond donors (Lipinski definition) is 0. The third kappa shape index (κ3) is 3.50. The molecule has 1 saturated heterocycles. The SMILES string of the molecule is CC(F)(F)C(OP1(=O)OC(C)(C)C(C)(C)O1)C(F)(F)F. The lowest BCUT2D eigenvalue weighted by Gasteiger charge is -2.28. The van der Waals surface area contributed by atoms with Crippen molar-refractivity contribution in [1.82, 2.24) is 0 Å². The summed E-state index contributed by atoms with van der Waals surface area (Å²) >= 11 is 0. The van der Waals surface area contributed by atoms with Crippen LogP contribution in [0.15, 0.2) is 0 Å². The van der Waals surface area contributed by atoms with Crippen molar-refractivity contribution in [3.63, 3.8) is 0 Å².